The number of ketones is 1. The van der Waals surface area contributed by atoms with Crippen LogP contribution in [0.3, 0.4) is 0 Å². The zero-order chi connectivity index (χ0) is 36.1. The van der Waals surface area contributed by atoms with Gasteiger partial charge in [0, 0.05) is 54.0 Å². The van der Waals surface area contributed by atoms with Crippen molar-refractivity contribution in [1.29, 1.82) is 0 Å². The first-order valence-corrected chi connectivity index (χ1v) is 15.8. The summed E-state index contributed by atoms with van der Waals surface area (Å²) in [6.45, 7) is 6.87. The molecule has 0 bridgehead atoms. The van der Waals surface area contributed by atoms with Gasteiger partial charge in [0.15, 0.2) is 5.78 Å². The van der Waals surface area contributed by atoms with Gasteiger partial charge in [0.05, 0.1) is 11.1 Å². The molecule has 1 aromatic heterocycles. The second-order valence-electron chi connectivity index (χ2n) is 11.3. The van der Waals surface area contributed by atoms with Gasteiger partial charge in [0.2, 0.25) is 5.91 Å². The van der Waals surface area contributed by atoms with Gasteiger partial charge in [-0.05, 0) is 47.9 Å². The minimum atomic E-state index is -4.85. The topological polar surface area (TPSA) is 86.9 Å². The molecule has 0 atom stereocenters. The van der Waals surface area contributed by atoms with Crippen LogP contribution in [0.4, 0.5) is 36.7 Å². The maximum absolute atomic E-state index is 14.0. The molecule has 1 saturated heterocycles. The molecule has 1 aliphatic heterocycles. The minimum absolute atomic E-state index is 0.0152. The van der Waals surface area contributed by atoms with Crippen molar-refractivity contribution in [3.05, 3.63) is 95.0 Å². The van der Waals surface area contributed by atoms with Crippen molar-refractivity contribution in [2.24, 2.45) is 0 Å². The summed E-state index contributed by atoms with van der Waals surface area (Å²) in [5, 5.41) is 8.43. The zero-order valence-electron chi connectivity index (χ0n) is 26.5. The van der Waals surface area contributed by atoms with Crippen LogP contribution in [0.25, 0.3) is 11.3 Å². The van der Waals surface area contributed by atoms with Gasteiger partial charge in [-0.15, -0.1) is 0 Å². The van der Waals surface area contributed by atoms with Crippen LogP contribution in [0.2, 0.25) is 0 Å². The maximum atomic E-state index is 14.0. The summed E-state index contributed by atoms with van der Waals surface area (Å²) in [6, 6.07) is 14.0. The van der Waals surface area contributed by atoms with Gasteiger partial charge in [0.1, 0.15) is 24.4 Å². The van der Waals surface area contributed by atoms with E-state index in [4.69, 9.17) is 9.52 Å². The van der Waals surface area contributed by atoms with Gasteiger partial charge in [-0.3, -0.25) is 9.59 Å². The molecule has 0 unspecified atom stereocenters. The number of aliphatic hydroxyl groups excluding tert-OH is 1. The molecule has 1 aliphatic rings. The first-order chi connectivity index (χ1) is 23.0. The number of aliphatic hydroxyl groups is 1. The number of hydrogen-bond acceptors (Lipinski definition) is 7. The van der Waals surface area contributed by atoms with Gasteiger partial charge in [-0.1, -0.05) is 49.9 Å². The second-order valence-corrected chi connectivity index (χ2v) is 12.4. The molecular weight excluding hydrogens is 679 g/mol. The Morgan fingerprint density at radius 1 is 0.898 bits per heavy atom. The molecule has 1 N–H and O–H groups in total. The molecule has 49 heavy (non-hydrogen) atoms. The number of hydrogen-bond donors (Lipinski definition) is 1. The highest BCUT2D eigenvalue weighted by Crippen LogP contribution is 2.43. The molecule has 1 fully saturated rings. The highest BCUT2D eigenvalue weighted by Gasteiger charge is 2.35. The molecule has 262 valence electrons. The van der Waals surface area contributed by atoms with Crippen LogP contribution in [0.1, 0.15) is 53.7 Å². The number of halogens is 7. The van der Waals surface area contributed by atoms with E-state index >= 15 is 0 Å². The number of carbonyl (C=O) groups excluding carboxylic acids is 2. The number of alkyl halides is 6. The van der Waals surface area contributed by atoms with Crippen LogP contribution < -0.4 is 4.90 Å². The Hall–Kier alpha value is -4.37. The fourth-order valence-corrected chi connectivity index (χ4v) is 6.16. The third-order valence-electron chi connectivity index (χ3n) is 7.57. The molecule has 0 spiro atoms. The Kier molecular flexibility index (Phi) is 11.8. The predicted octanol–water partition coefficient (Wildman–Crippen LogP) is 8.32. The highest BCUT2D eigenvalue weighted by atomic mass is 32.2. The molecule has 4 aromatic rings. The van der Waals surface area contributed by atoms with Crippen LogP contribution in [-0.4, -0.2) is 59.5 Å². The lowest BCUT2D eigenvalue weighted by Crippen LogP contribution is -2.48. The smallest absolute Gasteiger partial charge is 0.419 e. The van der Waals surface area contributed by atoms with E-state index in [0.29, 0.717) is 55.6 Å². The van der Waals surface area contributed by atoms with E-state index in [-0.39, 0.29) is 22.3 Å². The van der Waals surface area contributed by atoms with Gasteiger partial charge < -0.3 is 19.3 Å². The number of nitrogens with zero attached hydrogens (tertiary/aromatic N) is 3. The molecule has 7 nitrogen and oxygen atoms in total. The minimum Gasteiger partial charge on any atom is -0.431 e. The molecule has 2 heterocycles. The largest absolute Gasteiger partial charge is 0.431 e. The molecule has 1 amide bonds. The summed E-state index contributed by atoms with van der Waals surface area (Å²) in [5.74, 6) is -2.12. The van der Waals surface area contributed by atoms with Crippen molar-refractivity contribution in [1.82, 2.24) is 9.88 Å². The van der Waals surface area contributed by atoms with E-state index in [1.165, 1.54) is 19.3 Å². The molecule has 0 saturated carbocycles. The first-order valence-electron chi connectivity index (χ1n) is 14.9. The number of anilines is 1. The number of piperazine rings is 1. The lowest BCUT2D eigenvalue weighted by atomic mass is 10.0. The molecule has 0 aliphatic carbocycles. The standard InChI is InChI=1S/C25H26F3N3O2S.C9H6F4O2/c1-16(2)19-6-4-5-7-22(19)34-23-9-8-18(14-20(23)25(26,27)28)21-15-33-24(29-21)31-12-10-30(11-13-31)17(3)32;10-7-2-1-5(8(15)4-14)3-6(7)9(11,12)13/h4-9,14-16H,10-13H2,1-3H3;1-3,14H,4H2. The monoisotopic (exact) mass is 711 g/mol. The number of carbonyl (C=O) groups is 2. The molecular formula is C34H32F7N3O4S. The van der Waals surface area contributed by atoms with Crippen molar-refractivity contribution < 1.29 is 49.8 Å². The van der Waals surface area contributed by atoms with E-state index in [9.17, 15) is 40.3 Å². The predicted molar refractivity (Wildman–Crippen MR) is 169 cm³/mol. The number of rotatable bonds is 7. The average molecular weight is 712 g/mol. The molecule has 3 aromatic carbocycles. The summed E-state index contributed by atoms with van der Waals surface area (Å²) in [7, 11) is 0. The number of oxazole rings is 1. The molecule has 0 radical (unpaired) electrons. The van der Waals surface area contributed by atoms with Crippen molar-refractivity contribution in [3.8, 4) is 11.3 Å². The molecule has 15 heteroatoms. The van der Waals surface area contributed by atoms with E-state index in [2.05, 4.69) is 4.98 Å². The van der Waals surface area contributed by atoms with E-state index in [0.717, 1.165) is 34.4 Å². The Labute approximate surface area is 281 Å². The van der Waals surface area contributed by atoms with E-state index in [1.54, 1.807) is 11.0 Å². The van der Waals surface area contributed by atoms with Crippen molar-refractivity contribution >= 4 is 29.5 Å². The Morgan fingerprint density at radius 2 is 1.55 bits per heavy atom. The van der Waals surface area contributed by atoms with Crippen molar-refractivity contribution in [2.75, 3.05) is 37.7 Å². The van der Waals surface area contributed by atoms with Crippen LogP contribution in [0.5, 0.6) is 0 Å². The first kappa shape index (κ1) is 37.4. The third kappa shape index (κ3) is 9.41. The fraction of sp³-hybridized carbons (Fsp3) is 0.324. The molecule has 5 rings (SSSR count). The van der Waals surface area contributed by atoms with Crippen molar-refractivity contribution in [2.45, 2.75) is 48.8 Å². The summed E-state index contributed by atoms with van der Waals surface area (Å²) >= 11 is 1.13. The quantitative estimate of drug-likeness (QED) is 0.152. The van der Waals surface area contributed by atoms with E-state index < -0.39 is 41.7 Å². The van der Waals surface area contributed by atoms with Gasteiger partial charge in [-0.25, -0.2) is 4.39 Å². The third-order valence-corrected chi connectivity index (χ3v) is 8.73. The van der Waals surface area contributed by atoms with Crippen LogP contribution in [0.15, 0.2) is 81.1 Å². The van der Waals surface area contributed by atoms with Crippen LogP contribution in [0, 0.1) is 5.82 Å². The van der Waals surface area contributed by atoms with Crippen LogP contribution in [-0.2, 0) is 17.1 Å². The number of Topliss-reactive ketones (excluding diaryl/α,β-unsaturated/α-hetero) is 1. The Balaban J connectivity index is 0.000000302. The number of benzene rings is 3. The fourth-order valence-electron chi connectivity index (χ4n) is 4.93. The zero-order valence-corrected chi connectivity index (χ0v) is 27.3. The van der Waals surface area contributed by atoms with Gasteiger partial charge >= 0.3 is 12.4 Å². The summed E-state index contributed by atoms with van der Waals surface area (Å²) < 4.78 is 96.9. The Bertz CT molecular complexity index is 1780. The average Bonchev–Trinajstić information content (AvgIpc) is 3.55. The maximum Gasteiger partial charge on any atom is 0.419 e. The lowest BCUT2D eigenvalue weighted by Gasteiger charge is -2.33. The van der Waals surface area contributed by atoms with Crippen LogP contribution >= 0.6 is 11.8 Å². The van der Waals surface area contributed by atoms with Gasteiger partial charge in [-0.2, -0.15) is 31.3 Å². The van der Waals surface area contributed by atoms with E-state index in [1.807, 2.05) is 43.0 Å². The highest BCUT2D eigenvalue weighted by molar-refractivity contribution is 7.99. The van der Waals surface area contributed by atoms with Gasteiger partial charge in [0.25, 0.3) is 6.01 Å². The summed E-state index contributed by atoms with van der Waals surface area (Å²) in [4.78, 5) is 31.4. The lowest BCUT2D eigenvalue weighted by molar-refractivity contribution is -0.140. The number of amides is 1. The number of aromatic nitrogens is 1. The second kappa shape index (κ2) is 15.5. The summed E-state index contributed by atoms with van der Waals surface area (Å²) in [6.07, 6.45) is -7.99. The summed E-state index contributed by atoms with van der Waals surface area (Å²) in [5.41, 5.74) is -0.892. The normalized spacial score (nSPS) is 13.7. The SMILES string of the molecule is CC(=O)N1CCN(c2nc(-c3ccc(Sc4ccccc4C(C)C)c(C(F)(F)F)c3)co2)CC1.O=C(CO)c1ccc(F)c(C(F)(F)F)c1. The van der Waals surface area contributed by atoms with Crippen molar-refractivity contribution in [3.63, 3.8) is 0 Å². The Morgan fingerprint density at radius 3 is 2.14 bits per heavy atom.